The van der Waals surface area contributed by atoms with Crippen molar-refractivity contribution in [3.63, 3.8) is 0 Å². The average Bonchev–Trinajstić information content (AvgIpc) is 2.56. The summed E-state index contributed by atoms with van der Waals surface area (Å²) in [5.41, 5.74) is 0.595. The Balaban J connectivity index is 1.87. The van der Waals surface area contributed by atoms with Crippen molar-refractivity contribution in [1.82, 2.24) is 9.21 Å². The molecule has 0 aliphatic carbocycles. The predicted octanol–water partition coefficient (Wildman–Crippen LogP) is 1.000. The van der Waals surface area contributed by atoms with E-state index in [4.69, 9.17) is 9.47 Å². The lowest BCUT2D eigenvalue weighted by Gasteiger charge is -2.21. The molecule has 0 fully saturated rings. The minimum Gasteiger partial charge on any atom is -0.486 e. The van der Waals surface area contributed by atoms with Crippen LogP contribution in [0.2, 0.25) is 0 Å². The molecular weight excluding hydrogens is 358 g/mol. The Labute approximate surface area is 155 Å². The van der Waals surface area contributed by atoms with Gasteiger partial charge in [-0.15, -0.1) is 0 Å². The second-order valence-corrected chi connectivity index (χ2v) is 8.46. The molecule has 0 bridgehead atoms. The Kier molecular flexibility index (Phi) is 7.24. The Bertz CT molecular complexity index is 721. The zero-order valence-corrected chi connectivity index (χ0v) is 16.3. The van der Waals surface area contributed by atoms with Crippen molar-refractivity contribution in [1.29, 1.82) is 0 Å². The standard InChI is InChI=1S/C17H27N3O5S/c1-19(2)8-4-9-20(26(3,22)23)10-7-17(21)18-14-5-6-15-16(13-14)25-12-11-24-15/h5-6,13H,4,7-12H2,1-3H3,(H,18,21). The van der Waals surface area contributed by atoms with Gasteiger partial charge in [0, 0.05) is 31.3 Å². The number of rotatable bonds is 9. The molecule has 0 saturated heterocycles. The van der Waals surface area contributed by atoms with E-state index in [9.17, 15) is 13.2 Å². The Morgan fingerprint density at radius 1 is 1.12 bits per heavy atom. The molecule has 0 unspecified atom stereocenters. The number of nitrogens with one attached hydrogen (secondary N) is 1. The van der Waals surface area contributed by atoms with Gasteiger partial charge in [0.25, 0.3) is 0 Å². The highest BCUT2D eigenvalue weighted by molar-refractivity contribution is 7.88. The van der Waals surface area contributed by atoms with Gasteiger partial charge >= 0.3 is 0 Å². The third-order valence-electron chi connectivity index (χ3n) is 3.90. The third kappa shape index (κ3) is 6.47. The van der Waals surface area contributed by atoms with E-state index < -0.39 is 10.0 Å². The molecule has 2 rings (SSSR count). The summed E-state index contributed by atoms with van der Waals surface area (Å²) in [4.78, 5) is 14.2. The van der Waals surface area contributed by atoms with Gasteiger partial charge in [0.15, 0.2) is 11.5 Å². The molecule has 146 valence electrons. The van der Waals surface area contributed by atoms with Gasteiger partial charge < -0.3 is 19.7 Å². The van der Waals surface area contributed by atoms with E-state index in [1.165, 1.54) is 10.6 Å². The topological polar surface area (TPSA) is 88.2 Å². The highest BCUT2D eigenvalue weighted by Crippen LogP contribution is 2.32. The lowest BCUT2D eigenvalue weighted by molar-refractivity contribution is -0.116. The van der Waals surface area contributed by atoms with Crippen molar-refractivity contribution in [2.75, 3.05) is 58.5 Å². The van der Waals surface area contributed by atoms with Crippen LogP contribution in [0.4, 0.5) is 5.69 Å². The van der Waals surface area contributed by atoms with Gasteiger partial charge in [-0.25, -0.2) is 12.7 Å². The summed E-state index contributed by atoms with van der Waals surface area (Å²) in [6.45, 7) is 2.32. The molecule has 0 atom stereocenters. The van der Waals surface area contributed by atoms with Gasteiger partial charge in [-0.1, -0.05) is 0 Å². The van der Waals surface area contributed by atoms with E-state index in [-0.39, 0.29) is 18.9 Å². The molecule has 8 nitrogen and oxygen atoms in total. The first-order valence-corrected chi connectivity index (χ1v) is 10.4. The van der Waals surface area contributed by atoms with E-state index in [0.717, 1.165) is 6.54 Å². The molecule has 1 aromatic rings. The van der Waals surface area contributed by atoms with E-state index >= 15 is 0 Å². The summed E-state index contributed by atoms with van der Waals surface area (Å²) in [5, 5.41) is 2.77. The second kappa shape index (κ2) is 9.20. The predicted molar refractivity (Wildman–Crippen MR) is 100 cm³/mol. The van der Waals surface area contributed by atoms with E-state index in [1.54, 1.807) is 18.2 Å². The number of fused-ring (bicyclic) bond motifs is 1. The van der Waals surface area contributed by atoms with E-state index in [1.807, 2.05) is 19.0 Å². The normalized spacial score (nSPS) is 13.9. The van der Waals surface area contributed by atoms with Gasteiger partial charge in [0.05, 0.1) is 6.26 Å². The first-order valence-electron chi connectivity index (χ1n) is 8.55. The van der Waals surface area contributed by atoms with Crippen molar-refractivity contribution >= 4 is 21.6 Å². The van der Waals surface area contributed by atoms with Gasteiger partial charge in [0.2, 0.25) is 15.9 Å². The molecule has 1 aromatic carbocycles. The Hall–Kier alpha value is -1.84. The number of hydrogen-bond acceptors (Lipinski definition) is 6. The fourth-order valence-corrected chi connectivity index (χ4v) is 3.46. The van der Waals surface area contributed by atoms with Crippen LogP contribution < -0.4 is 14.8 Å². The first kappa shape index (κ1) is 20.5. The number of sulfonamides is 1. The molecule has 9 heteroatoms. The zero-order valence-electron chi connectivity index (χ0n) is 15.5. The molecule has 26 heavy (non-hydrogen) atoms. The maximum Gasteiger partial charge on any atom is 0.225 e. The molecule has 0 spiro atoms. The van der Waals surface area contributed by atoms with Crippen LogP contribution in [0.1, 0.15) is 12.8 Å². The van der Waals surface area contributed by atoms with Crippen LogP contribution in [-0.2, 0) is 14.8 Å². The summed E-state index contributed by atoms with van der Waals surface area (Å²) in [5.74, 6) is 0.997. The summed E-state index contributed by atoms with van der Waals surface area (Å²) in [6, 6.07) is 5.18. The molecule has 0 aromatic heterocycles. The van der Waals surface area contributed by atoms with Gasteiger partial charge in [0.1, 0.15) is 13.2 Å². The smallest absolute Gasteiger partial charge is 0.225 e. The number of carbonyl (C=O) groups excluding carboxylic acids is 1. The highest BCUT2D eigenvalue weighted by atomic mass is 32.2. The molecule has 1 heterocycles. The fraction of sp³-hybridized carbons (Fsp3) is 0.588. The van der Waals surface area contributed by atoms with Crippen LogP contribution in [0.3, 0.4) is 0 Å². The van der Waals surface area contributed by atoms with Crippen LogP contribution >= 0.6 is 0 Å². The molecule has 1 aliphatic rings. The van der Waals surface area contributed by atoms with Crippen molar-refractivity contribution in [2.45, 2.75) is 12.8 Å². The van der Waals surface area contributed by atoms with E-state index in [0.29, 0.717) is 43.4 Å². The zero-order chi connectivity index (χ0) is 19.2. The largest absolute Gasteiger partial charge is 0.486 e. The van der Waals surface area contributed by atoms with Crippen molar-refractivity contribution in [3.8, 4) is 11.5 Å². The number of hydrogen-bond donors (Lipinski definition) is 1. The highest BCUT2D eigenvalue weighted by Gasteiger charge is 2.18. The number of anilines is 1. The quantitative estimate of drug-likeness (QED) is 0.682. The van der Waals surface area contributed by atoms with Crippen LogP contribution in [0.25, 0.3) is 0 Å². The molecule has 0 saturated carbocycles. The number of ether oxygens (including phenoxy) is 2. The lowest BCUT2D eigenvalue weighted by Crippen LogP contribution is -2.35. The van der Waals surface area contributed by atoms with Crippen LogP contribution in [0, 0.1) is 0 Å². The maximum absolute atomic E-state index is 12.2. The number of nitrogens with zero attached hydrogens (tertiary/aromatic N) is 2. The molecule has 0 radical (unpaired) electrons. The lowest BCUT2D eigenvalue weighted by atomic mass is 10.2. The van der Waals surface area contributed by atoms with Crippen molar-refractivity contribution < 1.29 is 22.7 Å². The minimum atomic E-state index is -3.35. The number of carbonyl (C=O) groups is 1. The summed E-state index contributed by atoms with van der Waals surface area (Å²) in [7, 11) is 0.527. The molecule has 1 N–H and O–H groups in total. The Morgan fingerprint density at radius 3 is 2.46 bits per heavy atom. The molecule has 1 amide bonds. The van der Waals surface area contributed by atoms with Gasteiger partial charge in [-0.05, 0) is 39.2 Å². The minimum absolute atomic E-state index is 0.0868. The van der Waals surface area contributed by atoms with Crippen molar-refractivity contribution in [3.05, 3.63) is 18.2 Å². The summed E-state index contributed by atoms with van der Waals surface area (Å²) in [6.07, 6.45) is 1.97. The van der Waals surface area contributed by atoms with Crippen LogP contribution in [0.15, 0.2) is 18.2 Å². The van der Waals surface area contributed by atoms with Gasteiger partial charge in [-0.3, -0.25) is 4.79 Å². The van der Waals surface area contributed by atoms with Crippen molar-refractivity contribution in [2.24, 2.45) is 0 Å². The van der Waals surface area contributed by atoms with E-state index in [2.05, 4.69) is 5.32 Å². The summed E-state index contributed by atoms with van der Waals surface area (Å²) < 4.78 is 36.0. The molecular formula is C17H27N3O5S. The number of benzene rings is 1. The monoisotopic (exact) mass is 385 g/mol. The SMILES string of the molecule is CN(C)CCCN(CCC(=O)Nc1ccc2c(c1)OCCO2)S(C)(=O)=O. The average molecular weight is 385 g/mol. The second-order valence-electron chi connectivity index (χ2n) is 6.48. The first-order chi connectivity index (χ1) is 12.3. The van der Waals surface area contributed by atoms with Crippen LogP contribution in [0.5, 0.6) is 11.5 Å². The molecule has 1 aliphatic heterocycles. The van der Waals surface area contributed by atoms with Gasteiger partial charge in [-0.2, -0.15) is 0 Å². The summed E-state index contributed by atoms with van der Waals surface area (Å²) >= 11 is 0. The fourth-order valence-electron chi connectivity index (χ4n) is 2.58. The maximum atomic E-state index is 12.2. The third-order valence-corrected chi connectivity index (χ3v) is 5.20. The number of amides is 1. The Morgan fingerprint density at radius 2 is 1.81 bits per heavy atom. The van der Waals surface area contributed by atoms with Crippen LogP contribution in [-0.4, -0.2) is 76.7 Å².